The van der Waals surface area contributed by atoms with Crippen LogP contribution >= 0.6 is 23.2 Å². The van der Waals surface area contributed by atoms with E-state index in [4.69, 9.17) is 28.2 Å². The summed E-state index contributed by atoms with van der Waals surface area (Å²) < 4.78 is 0. The van der Waals surface area contributed by atoms with Gasteiger partial charge in [-0.25, -0.2) is 0 Å². The second-order valence-electron chi connectivity index (χ2n) is 8.30. The Morgan fingerprint density at radius 1 is 1.03 bits per heavy atom. The van der Waals surface area contributed by atoms with Gasteiger partial charge in [0, 0.05) is 40.5 Å². The van der Waals surface area contributed by atoms with Crippen molar-refractivity contribution >= 4 is 40.3 Å². The molecule has 170 valence electrons. The van der Waals surface area contributed by atoms with Crippen LogP contribution in [0.1, 0.15) is 77.3 Å². The van der Waals surface area contributed by atoms with Gasteiger partial charge in [-0.3, -0.25) is 4.99 Å². The number of hydrogen-bond donors (Lipinski definition) is 0. The maximum Gasteiger partial charge on any atom is 0.0679 e. The summed E-state index contributed by atoms with van der Waals surface area (Å²) in [7, 11) is 0. The molecular weight excluding hydrogens is 423 g/mol. The summed E-state index contributed by atoms with van der Waals surface area (Å²) in [6, 6.07) is 12.4. The van der Waals surface area contributed by atoms with Gasteiger partial charge >= 0.3 is 0 Å². The lowest BCUT2D eigenvalue weighted by Crippen LogP contribution is -2.23. The van der Waals surface area contributed by atoms with E-state index in [1.165, 1.54) is 17.0 Å². The van der Waals surface area contributed by atoms with Crippen molar-refractivity contribution in [2.75, 3.05) is 18.0 Å². The fourth-order valence-corrected chi connectivity index (χ4v) is 4.71. The Bertz CT molecular complexity index is 872. The van der Waals surface area contributed by atoms with E-state index in [1.54, 1.807) is 0 Å². The minimum Gasteiger partial charge on any atom is -0.372 e. The molecule has 0 aliphatic heterocycles. The van der Waals surface area contributed by atoms with Crippen LogP contribution in [0.2, 0.25) is 10.0 Å². The molecule has 0 N–H and O–H groups in total. The monoisotopic (exact) mass is 460 g/mol. The first-order valence-electron chi connectivity index (χ1n) is 11.8. The first-order chi connectivity index (χ1) is 14.9. The van der Waals surface area contributed by atoms with Gasteiger partial charge in [0.1, 0.15) is 0 Å². The first kappa shape index (κ1) is 25.7. The lowest BCUT2D eigenvalue weighted by Gasteiger charge is -2.27. The summed E-state index contributed by atoms with van der Waals surface area (Å²) >= 11 is 12.9. The van der Waals surface area contributed by atoms with Crippen LogP contribution in [0.15, 0.2) is 41.4 Å². The van der Waals surface area contributed by atoms with Crippen molar-refractivity contribution in [2.45, 2.75) is 73.1 Å². The zero-order chi connectivity index (χ0) is 23.0. The van der Waals surface area contributed by atoms with Gasteiger partial charge in [-0.1, -0.05) is 68.9 Å². The molecule has 2 rings (SSSR count). The van der Waals surface area contributed by atoms with Crippen LogP contribution in [0.4, 0.5) is 11.4 Å². The molecule has 0 bridgehead atoms. The van der Waals surface area contributed by atoms with Crippen molar-refractivity contribution in [1.82, 2.24) is 0 Å². The molecule has 2 aromatic carbocycles. The third-order valence-electron chi connectivity index (χ3n) is 6.29. The molecule has 0 aliphatic carbocycles. The van der Waals surface area contributed by atoms with E-state index in [1.807, 2.05) is 12.1 Å². The lowest BCUT2D eigenvalue weighted by atomic mass is 9.82. The van der Waals surface area contributed by atoms with E-state index in [2.05, 4.69) is 70.7 Å². The predicted octanol–water partition coefficient (Wildman–Crippen LogP) is 9.24. The zero-order valence-electron chi connectivity index (χ0n) is 20.0. The number of nitrogens with zero attached hydrogens (tertiary/aromatic N) is 2. The van der Waals surface area contributed by atoms with Crippen molar-refractivity contribution < 1.29 is 0 Å². The Labute approximate surface area is 199 Å². The molecule has 0 amide bonds. The molecular formula is C27H38Cl2N2. The molecule has 4 heteroatoms. The fraction of sp³-hybridized carbons (Fsp3) is 0.519. The summed E-state index contributed by atoms with van der Waals surface area (Å²) in [5, 5.41) is 1.41. The molecule has 0 fully saturated rings. The maximum atomic E-state index is 6.69. The Kier molecular flexibility index (Phi) is 10.4. The van der Waals surface area contributed by atoms with Crippen molar-refractivity contribution in [3.63, 3.8) is 0 Å². The molecule has 0 saturated heterocycles. The second-order valence-corrected chi connectivity index (χ2v) is 9.14. The minimum atomic E-state index is 0.191. The van der Waals surface area contributed by atoms with Crippen LogP contribution in [0.3, 0.4) is 0 Å². The first-order valence-corrected chi connectivity index (χ1v) is 12.5. The van der Waals surface area contributed by atoms with E-state index < -0.39 is 0 Å². The molecule has 2 atom stereocenters. The zero-order valence-corrected chi connectivity index (χ0v) is 21.5. The normalized spacial score (nSPS) is 13.9. The highest BCUT2D eigenvalue weighted by Gasteiger charge is 2.25. The molecule has 2 aromatic rings. The van der Waals surface area contributed by atoms with Gasteiger partial charge in [-0.2, -0.15) is 0 Å². The SMILES string of the molecule is CCCCC(C(=Nc1cccc(N(CC)CC)c1C)C(C)CC)c1ccc(Cl)cc1Cl. The van der Waals surface area contributed by atoms with Gasteiger partial charge in [0.25, 0.3) is 0 Å². The van der Waals surface area contributed by atoms with E-state index in [0.717, 1.165) is 55.0 Å². The van der Waals surface area contributed by atoms with Crippen LogP contribution < -0.4 is 4.90 Å². The molecule has 0 heterocycles. The van der Waals surface area contributed by atoms with Crippen LogP contribution in [0.5, 0.6) is 0 Å². The topological polar surface area (TPSA) is 15.6 Å². The summed E-state index contributed by atoms with van der Waals surface area (Å²) in [5.74, 6) is 0.557. The number of halogens is 2. The van der Waals surface area contributed by atoms with E-state index >= 15 is 0 Å². The molecule has 0 spiro atoms. The highest BCUT2D eigenvalue weighted by Crippen LogP contribution is 2.37. The van der Waals surface area contributed by atoms with E-state index in [-0.39, 0.29) is 5.92 Å². The summed E-state index contributed by atoms with van der Waals surface area (Å²) in [4.78, 5) is 7.72. The summed E-state index contributed by atoms with van der Waals surface area (Å²) in [6.07, 6.45) is 4.36. The van der Waals surface area contributed by atoms with Crippen LogP contribution in [0, 0.1) is 12.8 Å². The Morgan fingerprint density at radius 2 is 1.74 bits per heavy atom. The number of hydrogen-bond acceptors (Lipinski definition) is 2. The third-order valence-corrected chi connectivity index (χ3v) is 6.85. The average molecular weight is 462 g/mol. The molecule has 0 saturated carbocycles. The number of aliphatic imine (C=N–C) groups is 1. The van der Waals surface area contributed by atoms with Crippen molar-refractivity contribution in [1.29, 1.82) is 0 Å². The van der Waals surface area contributed by atoms with Crippen LogP contribution in [-0.2, 0) is 0 Å². The Morgan fingerprint density at radius 3 is 2.32 bits per heavy atom. The minimum absolute atomic E-state index is 0.191. The standard InChI is InChI=1S/C27H38Cl2N2/c1-7-11-13-23(22-17-16-21(28)18-24(22)29)27(19(5)8-2)30-25-14-12-15-26(20(25)6)31(9-3)10-4/h12,14-19,23H,7-11,13H2,1-6H3. The number of anilines is 1. The highest BCUT2D eigenvalue weighted by molar-refractivity contribution is 6.35. The van der Waals surface area contributed by atoms with Crippen LogP contribution in [-0.4, -0.2) is 18.8 Å². The van der Waals surface area contributed by atoms with Crippen molar-refractivity contribution in [3.05, 3.63) is 57.6 Å². The Balaban J connectivity index is 2.63. The highest BCUT2D eigenvalue weighted by atomic mass is 35.5. The average Bonchev–Trinajstić information content (AvgIpc) is 2.76. The maximum absolute atomic E-state index is 6.69. The van der Waals surface area contributed by atoms with E-state index in [9.17, 15) is 0 Å². The van der Waals surface area contributed by atoms with Gasteiger partial charge in [-0.05, 0) is 74.9 Å². The summed E-state index contributed by atoms with van der Waals surface area (Å²) in [5.41, 5.74) is 5.93. The van der Waals surface area contributed by atoms with Crippen molar-refractivity contribution in [2.24, 2.45) is 10.9 Å². The number of benzene rings is 2. The quantitative estimate of drug-likeness (QED) is 0.305. The predicted molar refractivity (Wildman–Crippen MR) is 140 cm³/mol. The summed E-state index contributed by atoms with van der Waals surface area (Å²) in [6.45, 7) is 15.3. The molecule has 2 unspecified atom stereocenters. The third kappa shape index (κ3) is 6.49. The van der Waals surface area contributed by atoms with Gasteiger partial charge in [0.15, 0.2) is 0 Å². The lowest BCUT2D eigenvalue weighted by molar-refractivity contribution is 0.637. The van der Waals surface area contributed by atoms with Gasteiger partial charge in [0.05, 0.1) is 5.69 Å². The molecule has 31 heavy (non-hydrogen) atoms. The molecule has 0 aliphatic rings. The largest absolute Gasteiger partial charge is 0.372 e. The molecule has 0 aromatic heterocycles. The second kappa shape index (κ2) is 12.5. The molecule has 2 nitrogen and oxygen atoms in total. The van der Waals surface area contributed by atoms with Crippen LogP contribution in [0.25, 0.3) is 0 Å². The Hall–Kier alpha value is -1.51. The number of rotatable bonds is 11. The fourth-order valence-electron chi connectivity index (χ4n) is 4.17. The van der Waals surface area contributed by atoms with Gasteiger partial charge < -0.3 is 4.90 Å². The smallest absolute Gasteiger partial charge is 0.0679 e. The van der Waals surface area contributed by atoms with Crippen molar-refractivity contribution in [3.8, 4) is 0 Å². The van der Waals surface area contributed by atoms with Gasteiger partial charge in [0.2, 0.25) is 0 Å². The van der Waals surface area contributed by atoms with E-state index in [0.29, 0.717) is 10.9 Å². The van der Waals surface area contributed by atoms with Gasteiger partial charge in [-0.15, -0.1) is 0 Å². The molecule has 0 radical (unpaired) electrons. The number of unbranched alkanes of at least 4 members (excludes halogenated alkanes) is 1.